The number of nitrogens with two attached hydrogens (primary N) is 1. The summed E-state index contributed by atoms with van der Waals surface area (Å²) in [6.45, 7) is 4.37. The molecule has 2 atom stereocenters. The molecular formula is C12H18N2. The van der Waals surface area contributed by atoms with E-state index in [2.05, 4.69) is 42.2 Å². The zero-order valence-corrected chi connectivity index (χ0v) is 8.69. The van der Waals surface area contributed by atoms with Gasteiger partial charge in [0.1, 0.15) is 0 Å². The van der Waals surface area contributed by atoms with Crippen molar-refractivity contribution in [3.8, 4) is 0 Å². The van der Waals surface area contributed by atoms with Crippen LogP contribution in [-0.4, -0.2) is 19.1 Å². The molecule has 1 saturated heterocycles. The smallest absolute Gasteiger partial charge is 0.0366 e. The largest absolute Gasteiger partial charge is 0.371 e. The van der Waals surface area contributed by atoms with Crippen LogP contribution >= 0.6 is 0 Å². The highest BCUT2D eigenvalue weighted by molar-refractivity contribution is 5.46. The highest BCUT2D eigenvalue weighted by atomic mass is 15.2. The number of nitrogens with zero attached hydrogens (tertiary/aromatic N) is 1. The number of rotatable bonds is 2. The molecule has 1 aromatic rings. The summed E-state index contributed by atoms with van der Waals surface area (Å²) in [6.07, 6.45) is 1.23. The Morgan fingerprint density at radius 3 is 2.64 bits per heavy atom. The molecule has 2 unspecified atom stereocenters. The van der Waals surface area contributed by atoms with E-state index in [1.165, 1.54) is 12.1 Å². The summed E-state index contributed by atoms with van der Waals surface area (Å²) in [5, 5.41) is 0. The van der Waals surface area contributed by atoms with E-state index in [4.69, 9.17) is 5.73 Å². The molecule has 0 bridgehead atoms. The third-order valence-electron chi connectivity index (χ3n) is 3.09. The summed E-state index contributed by atoms with van der Waals surface area (Å²) in [5.74, 6) is 0.662. The van der Waals surface area contributed by atoms with Crippen LogP contribution in [0.4, 0.5) is 5.69 Å². The van der Waals surface area contributed by atoms with Crippen molar-refractivity contribution in [1.29, 1.82) is 0 Å². The topological polar surface area (TPSA) is 29.3 Å². The van der Waals surface area contributed by atoms with Crippen molar-refractivity contribution in [2.45, 2.75) is 19.4 Å². The van der Waals surface area contributed by atoms with Gasteiger partial charge >= 0.3 is 0 Å². The average Bonchev–Trinajstić information content (AvgIpc) is 2.68. The third kappa shape index (κ3) is 1.90. The lowest BCUT2D eigenvalue weighted by molar-refractivity contribution is 0.488. The fourth-order valence-corrected chi connectivity index (χ4v) is 2.09. The van der Waals surface area contributed by atoms with Crippen LogP contribution in [0.3, 0.4) is 0 Å². The quantitative estimate of drug-likeness (QED) is 0.771. The van der Waals surface area contributed by atoms with E-state index < -0.39 is 0 Å². The van der Waals surface area contributed by atoms with Crippen molar-refractivity contribution in [2.24, 2.45) is 11.7 Å². The van der Waals surface area contributed by atoms with Crippen molar-refractivity contribution in [3.63, 3.8) is 0 Å². The lowest BCUT2D eigenvalue weighted by atomic mass is 10.0. The zero-order valence-electron chi connectivity index (χ0n) is 8.69. The van der Waals surface area contributed by atoms with E-state index in [0.29, 0.717) is 12.0 Å². The number of hydrogen-bond acceptors (Lipinski definition) is 2. The Bertz CT molecular complexity index is 282. The first kappa shape index (κ1) is 9.53. The molecule has 0 radical (unpaired) electrons. The molecule has 1 fully saturated rings. The van der Waals surface area contributed by atoms with Gasteiger partial charge < -0.3 is 10.6 Å². The molecule has 1 aromatic carbocycles. The van der Waals surface area contributed by atoms with Crippen LogP contribution in [0.25, 0.3) is 0 Å². The Balaban J connectivity index is 2.03. The minimum atomic E-state index is 0.323. The van der Waals surface area contributed by atoms with Crippen LogP contribution in [-0.2, 0) is 0 Å². The molecule has 76 valence electrons. The van der Waals surface area contributed by atoms with Gasteiger partial charge in [-0.15, -0.1) is 0 Å². The highest BCUT2D eigenvalue weighted by Crippen LogP contribution is 2.24. The lowest BCUT2D eigenvalue weighted by Gasteiger charge is -2.19. The Morgan fingerprint density at radius 1 is 1.36 bits per heavy atom. The number of benzene rings is 1. The third-order valence-corrected chi connectivity index (χ3v) is 3.09. The first-order valence-electron chi connectivity index (χ1n) is 5.33. The van der Waals surface area contributed by atoms with Gasteiger partial charge in [0.2, 0.25) is 0 Å². The fourth-order valence-electron chi connectivity index (χ4n) is 2.09. The molecule has 2 nitrogen and oxygen atoms in total. The van der Waals surface area contributed by atoms with E-state index in [0.717, 1.165) is 13.1 Å². The fraction of sp³-hybridized carbons (Fsp3) is 0.500. The molecule has 0 saturated carbocycles. The minimum absolute atomic E-state index is 0.323. The second kappa shape index (κ2) is 4.01. The van der Waals surface area contributed by atoms with Gasteiger partial charge in [-0.05, 0) is 31.4 Å². The summed E-state index contributed by atoms with van der Waals surface area (Å²) in [4.78, 5) is 2.42. The molecule has 1 aliphatic rings. The van der Waals surface area contributed by atoms with Crippen LogP contribution in [0.15, 0.2) is 30.3 Å². The molecule has 1 heterocycles. The van der Waals surface area contributed by atoms with Crippen molar-refractivity contribution in [2.75, 3.05) is 18.0 Å². The van der Waals surface area contributed by atoms with E-state index in [1.807, 2.05) is 0 Å². The monoisotopic (exact) mass is 190 g/mol. The Morgan fingerprint density at radius 2 is 2.07 bits per heavy atom. The van der Waals surface area contributed by atoms with Gasteiger partial charge in [0, 0.05) is 24.8 Å². The van der Waals surface area contributed by atoms with Gasteiger partial charge in [-0.2, -0.15) is 0 Å². The second-order valence-corrected chi connectivity index (χ2v) is 4.19. The van der Waals surface area contributed by atoms with Gasteiger partial charge in [0.25, 0.3) is 0 Å². The lowest BCUT2D eigenvalue weighted by Crippen LogP contribution is -2.29. The molecule has 2 rings (SSSR count). The summed E-state index contributed by atoms with van der Waals surface area (Å²) >= 11 is 0. The Hall–Kier alpha value is -1.02. The van der Waals surface area contributed by atoms with E-state index >= 15 is 0 Å². The minimum Gasteiger partial charge on any atom is -0.371 e. The summed E-state index contributed by atoms with van der Waals surface area (Å²) < 4.78 is 0. The van der Waals surface area contributed by atoms with Crippen molar-refractivity contribution >= 4 is 5.69 Å². The molecule has 2 heteroatoms. The normalized spacial score (nSPS) is 23.9. The number of anilines is 1. The second-order valence-electron chi connectivity index (χ2n) is 4.19. The molecule has 14 heavy (non-hydrogen) atoms. The Kier molecular flexibility index (Phi) is 2.73. The van der Waals surface area contributed by atoms with Gasteiger partial charge in [-0.25, -0.2) is 0 Å². The molecule has 2 N–H and O–H groups in total. The molecule has 1 aliphatic heterocycles. The first-order chi connectivity index (χ1) is 6.77. The van der Waals surface area contributed by atoms with Crippen LogP contribution in [0.5, 0.6) is 0 Å². The standard InChI is InChI=1S/C12H18N2/c1-10(13)11-7-8-14(9-11)12-5-3-2-4-6-12/h2-6,10-11H,7-9,13H2,1H3. The predicted octanol–water partition coefficient (Wildman–Crippen LogP) is 1.86. The van der Waals surface area contributed by atoms with Crippen molar-refractivity contribution in [3.05, 3.63) is 30.3 Å². The van der Waals surface area contributed by atoms with Gasteiger partial charge in [0.05, 0.1) is 0 Å². The predicted molar refractivity (Wildman–Crippen MR) is 60.4 cm³/mol. The van der Waals surface area contributed by atoms with E-state index in [-0.39, 0.29) is 0 Å². The molecule has 0 aromatic heterocycles. The maximum atomic E-state index is 5.91. The SMILES string of the molecule is CC(N)C1CCN(c2ccccc2)C1. The van der Waals surface area contributed by atoms with Crippen LogP contribution < -0.4 is 10.6 Å². The molecule has 0 aliphatic carbocycles. The van der Waals surface area contributed by atoms with Crippen LogP contribution in [0, 0.1) is 5.92 Å². The molecular weight excluding hydrogens is 172 g/mol. The van der Waals surface area contributed by atoms with Gasteiger partial charge in [-0.3, -0.25) is 0 Å². The average molecular weight is 190 g/mol. The van der Waals surface area contributed by atoms with Crippen molar-refractivity contribution in [1.82, 2.24) is 0 Å². The van der Waals surface area contributed by atoms with Crippen LogP contribution in [0.1, 0.15) is 13.3 Å². The zero-order chi connectivity index (χ0) is 9.97. The highest BCUT2D eigenvalue weighted by Gasteiger charge is 2.24. The molecule has 0 spiro atoms. The van der Waals surface area contributed by atoms with E-state index in [1.54, 1.807) is 0 Å². The number of para-hydroxylation sites is 1. The van der Waals surface area contributed by atoms with Crippen molar-refractivity contribution < 1.29 is 0 Å². The maximum Gasteiger partial charge on any atom is 0.0366 e. The number of hydrogen-bond donors (Lipinski definition) is 1. The first-order valence-corrected chi connectivity index (χ1v) is 5.33. The Labute approximate surface area is 85.7 Å². The van der Waals surface area contributed by atoms with Gasteiger partial charge in [-0.1, -0.05) is 18.2 Å². The van der Waals surface area contributed by atoms with Gasteiger partial charge in [0.15, 0.2) is 0 Å². The van der Waals surface area contributed by atoms with Crippen LogP contribution in [0.2, 0.25) is 0 Å². The summed E-state index contributed by atoms with van der Waals surface area (Å²) in [6, 6.07) is 10.9. The summed E-state index contributed by atoms with van der Waals surface area (Å²) in [7, 11) is 0. The summed E-state index contributed by atoms with van der Waals surface area (Å²) in [5.41, 5.74) is 7.24. The molecule has 0 amide bonds. The van der Waals surface area contributed by atoms with E-state index in [9.17, 15) is 0 Å². The maximum absolute atomic E-state index is 5.91.